The second-order valence-corrected chi connectivity index (χ2v) is 8.25. The summed E-state index contributed by atoms with van der Waals surface area (Å²) in [6.45, 7) is 4.31. The molecule has 0 bridgehead atoms. The second kappa shape index (κ2) is 6.99. The summed E-state index contributed by atoms with van der Waals surface area (Å²) in [5.74, 6) is 1.26. The maximum Gasteiger partial charge on any atom is 0.271 e. The van der Waals surface area contributed by atoms with Gasteiger partial charge in [0.1, 0.15) is 5.69 Å². The third-order valence-electron chi connectivity index (χ3n) is 5.93. The van der Waals surface area contributed by atoms with Crippen LogP contribution in [0, 0.1) is 13.8 Å². The van der Waals surface area contributed by atoms with Gasteiger partial charge in [-0.15, -0.1) is 0 Å². The minimum Gasteiger partial charge on any atom is -0.454 e. The number of aromatic nitrogens is 2. The molecule has 3 aromatic carbocycles. The van der Waals surface area contributed by atoms with Crippen LogP contribution in [0.25, 0.3) is 16.9 Å². The Morgan fingerprint density at radius 2 is 1.69 bits per heavy atom. The van der Waals surface area contributed by atoms with E-state index < -0.39 is 0 Å². The van der Waals surface area contributed by atoms with E-state index in [2.05, 4.69) is 23.5 Å². The van der Waals surface area contributed by atoms with Gasteiger partial charge < -0.3 is 14.8 Å². The second-order valence-electron chi connectivity index (χ2n) is 8.25. The molecule has 6 heteroatoms. The van der Waals surface area contributed by atoms with Crippen LogP contribution in [0.3, 0.4) is 0 Å². The quantitative estimate of drug-likeness (QED) is 0.518. The van der Waals surface area contributed by atoms with Crippen LogP contribution in [0.2, 0.25) is 0 Å². The van der Waals surface area contributed by atoms with Crippen LogP contribution < -0.4 is 14.8 Å². The van der Waals surface area contributed by atoms with E-state index in [1.807, 2.05) is 62.4 Å². The van der Waals surface area contributed by atoms with E-state index in [4.69, 9.17) is 14.6 Å². The standard InChI is InChI=1S/C26H21N3O3/c1-15-10-16(2)12-19(11-15)29-25-22(24(28-29)17-6-4-3-5-7-17)23(27-26(25)30)18-8-9-20-21(13-18)32-14-31-20/h3-13,23H,14H2,1-2H3,(H,27,30). The first-order valence-corrected chi connectivity index (χ1v) is 10.6. The van der Waals surface area contributed by atoms with Crippen molar-refractivity contribution in [1.29, 1.82) is 0 Å². The van der Waals surface area contributed by atoms with Crippen molar-refractivity contribution < 1.29 is 14.3 Å². The van der Waals surface area contributed by atoms with Crippen LogP contribution >= 0.6 is 0 Å². The first-order chi connectivity index (χ1) is 15.6. The number of aryl methyl sites for hydroxylation is 2. The Morgan fingerprint density at radius 3 is 2.47 bits per heavy atom. The molecule has 1 aromatic heterocycles. The summed E-state index contributed by atoms with van der Waals surface area (Å²) >= 11 is 0. The van der Waals surface area contributed by atoms with Crippen molar-refractivity contribution in [3.63, 3.8) is 0 Å². The molecular weight excluding hydrogens is 402 g/mol. The first-order valence-electron chi connectivity index (χ1n) is 10.6. The molecule has 0 radical (unpaired) electrons. The van der Waals surface area contributed by atoms with E-state index >= 15 is 0 Å². The molecule has 0 spiro atoms. The van der Waals surface area contributed by atoms with Crippen LogP contribution in [0.15, 0.2) is 66.7 Å². The fraction of sp³-hybridized carbons (Fsp3) is 0.154. The number of nitrogens with zero attached hydrogens (tertiary/aromatic N) is 2. The minimum absolute atomic E-state index is 0.142. The van der Waals surface area contributed by atoms with Gasteiger partial charge in [-0.25, -0.2) is 4.68 Å². The van der Waals surface area contributed by atoms with Gasteiger partial charge in [0.25, 0.3) is 5.91 Å². The molecule has 1 amide bonds. The van der Waals surface area contributed by atoms with Crippen molar-refractivity contribution in [2.75, 3.05) is 6.79 Å². The number of hydrogen-bond acceptors (Lipinski definition) is 4. The van der Waals surface area contributed by atoms with Gasteiger partial charge in [0.15, 0.2) is 11.5 Å². The van der Waals surface area contributed by atoms with Gasteiger partial charge in [-0.05, 0) is 54.8 Å². The number of hydrogen-bond donors (Lipinski definition) is 1. The molecule has 3 heterocycles. The van der Waals surface area contributed by atoms with Crippen LogP contribution in [0.1, 0.15) is 38.8 Å². The summed E-state index contributed by atoms with van der Waals surface area (Å²) in [4.78, 5) is 13.3. The Hall–Kier alpha value is -4.06. The Balaban J connectivity index is 1.58. The minimum atomic E-state index is -0.332. The molecule has 2 aliphatic rings. The highest BCUT2D eigenvalue weighted by atomic mass is 16.7. The third-order valence-corrected chi connectivity index (χ3v) is 5.93. The number of nitrogens with one attached hydrogen (secondary N) is 1. The summed E-state index contributed by atoms with van der Waals surface area (Å²) in [7, 11) is 0. The summed E-state index contributed by atoms with van der Waals surface area (Å²) in [6.07, 6.45) is 0. The van der Waals surface area contributed by atoms with Crippen molar-refractivity contribution >= 4 is 5.91 Å². The van der Waals surface area contributed by atoms with Gasteiger partial charge >= 0.3 is 0 Å². The number of benzene rings is 3. The highest BCUT2D eigenvalue weighted by Crippen LogP contribution is 2.42. The van der Waals surface area contributed by atoms with Gasteiger partial charge in [0.2, 0.25) is 6.79 Å². The maximum atomic E-state index is 13.3. The molecule has 158 valence electrons. The van der Waals surface area contributed by atoms with Crippen LogP contribution in [-0.2, 0) is 0 Å². The zero-order chi connectivity index (χ0) is 21.8. The van der Waals surface area contributed by atoms with Gasteiger partial charge in [-0.1, -0.05) is 42.5 Å². The molecule has 0 saturated carbocycles. The van der Waals surface area contributed by atoms with E-state index in [1.54, 1.807) is 4.68 Å². The zero-order valence-electron chi connectivity index (χ0n) is 17.8. The number of fused-ring (bicyclic) bond motifs is 2. The van der Waals surface area contributed by atoms with Crippen molar-refractivity contribution in [1.82, 2.24) is 15.1 Å². The van der Waals surface area contributed by atoms with Crippen LogP contribution in [-0.4, -0.2) is 22.5 Å². The molecule has 1 atom stereocenters. The summed E-state index contributed by atoms with van der Waals surface area (Å²) in [5.41, 5.74) is 7.25. The first kappa shape index (κ1) is 18.7. The number of carbonyl (C=O) groups is 1. The fourth-order valence-corrected chi connectivity index (χ4v) is 4.61. The lowest BCUT2D eigenvalue weighted by molar-refractivity contribution is 0.0953. The summed E-state index contributed by atoms with van der Waals surface area (Å²) in [5, 5.41) is 8.11. The molecule has 6 nitrogen and oxygen atoms in total. The Bertz CT molecular complexity index is 1350. The molecule has 0 fully saturated rings. The topological polar surface area (TPSA) is 65.4 Å². The zero-order valence-corrected chi connectivity index (χ0v) is 17.8. The Labute approximate surface area is 185 Å². The van der Waals surface area contributed by atoms with Crippen molar-refractivity contribution in [3.8, 4) is 28.4 Å². The monoisotopic (exact) mass is 423 g/mol. The normalized spacial score (nSPS) is 16.2. The fourth-order valence-electron chi connectivity index (χ4n) is 4.61. The molecule has 32 heavy (non-hydrogen) atoms. The smallest absolute Gasteiger partial charge is 0.271 e. The third kappa shape index (κ3) is 2.87. The van der Waals surface area contributed by atoms with Gasteiger partial charge in [-0.3, -0.25) is 4.79 Å². The number of ether oxygens (including phenoxy) is 2. The molecule has 6 rings (SSSR count). The SMILES string of the molecule is Cc1cc(C)cc(-n2nc(-c3ccccc3)c3c2C(=O)NC3c2ccc3c(c2)OCO3)c1. The van der Waals surface area contributed by atoms with Crippen LogP contribution in [0.5, 0.6) is 11.5 Å². The Morgan fingerprint density at radius 1 is 0.938 bits per heavy atom. The lowest BCUT2D eigenvalue weighted by Crippen LogP contribution is -2.22. The van der Waals surface area contributed by atoms with Gasteiger partial charge in [0.05, 0.1) is 17.4 Å². The summed E-state index contributed by atoms with van der Waals surface area (Å²) < 4.78 is 12.8. The van der Waals surface area contributed by atoms with E-state index in [1.165, 1.54) is 0 Å². The van der Waals surface area contributed by atoms with E-state index in [-0.39, 0.29) is 18.7 Å². The predicted octanol–water partition coefficient (Wildman–Crippen LogP) is 4.72. The van der Waals surface area contributed by atoms with Crippen LogP contribution in [0.4, 0.5) is 0 Å². The molecule has 0 aliphatic carbocycles. The molecule has 4 aromatic rings. The van der Waals surface area contributed by atoms with Gasteiger partial charge in [0, 0.05) is 11.1 Å². The highest BCUT2D eigenvalue weighted by Gasteiger charge is 2.38. The average Bonchev–Trinajstić information content (AvgIpc) is 3.49. The van der Waals surface area contributed by atoms with Crippen molar-refractivity contribution in [2.24, 2.45) is 0 Å². The molecular formula is C26H21N3O3. The lowest BCUT2D eigenvalue weighted by Gasteiger charge is -2.14. The summed E-state index contributed by atoms with van der Waals surface area (Å²) in [6, 6.07) is 21.7. The lowest BCUT2D eigenvalue weighted by atomic mass is 9.96. The van der Waals surface area contributed by atoms with Crippen molar-refractivity contribution in [3.05, 3.63) is 94.7 Å². The number of carbonyl (C=O) groups excluding carboxylic acids is 1. The molecule has 1 unspecified atom stereocenters. The average molecular weight is 423 g/mol. The maximum absolute atomic E-state index is 13.3. The van der Waals surface area contributed by atoms with E-state index in [0.29, 0.717) is 17.2 Å². The Kier molecular flexibility index (Phi) is 4.08. The molecule has 2 aliphatic heterocycles. The van der Waals surface area contributed by atoms with E-state index in [9.17, 15) is 4.79 Å². The predicted molar refractivity (Wildman–Crippen MR) is 120 cm³/mol. The number of amides is 1. The van der Waals surface area contributed by atoms with Crippen molar-refractivity contribution in [2.45, 2.75) is 19.9 Å². The molecule has 0 saturated heterocycles. The highest BCUT2D eigenvalue weighted by molar-refractivity contribution is 6.01. The molecule has 1 N–H and O–H groups in total. The van der Waals surface area contributed by atoms with Gasteiger partial charge in [-0.2, -0.15) is 5.10 Å². The largest absolute Gasteiger partial charge is 0.454 e. The number of rotatable bonds is 3. The van der Waals surface area contributed by atoms with E-state index in [0.717, 1.165) is 39.2 Å².